The van der Waals surface area contributed by atoms with Gasteiger partial charge in [0.15, 0.2) is 0 Å². The Morgan fingerprint density at radius 3 is 2.68 bits per heavy atom. The Hall–Kier alpha value is -1.61. The molecule has 0 aliphatic heterocycles. The van der Waals surface area contributed by atoms with E-state index in [1.807, 2.05) is 0 Å². The van der Waals surface area contributed by atoms with Crippen molar-refractivity contribution in [2.24, 2.45) is 0 Å². The maximum atomic E-state index is 4.66. The third-order valence-corrected chi connectivity index (χ3v) is 3.50. The second-order valence-corrected chi connectivity index (χ2v) is 5.08. The van der Waals surface area contributed by atoms with Crippen molar-refractivity contribution < 1.29 is 0 Å². The highest BCUT2D eigenvalue weighted by molar-refractivity contribution is 5.27. The van der Waals surface area contributed by atoms with Crippen molar-refractivity contribution in [3.05, 3.63) is 52.3 Å². The predicted molar refractivity (Wildman–Crippen MR) is 79.4 cm³/mol. The van der Waals surface area contributed by atoms with E-state index >= 15 is 0 Å². The summed E-state index contributed by atoms with van der Waals surface area (Å²) in [4.78, 5) is 0. The third-order valence-electron chi connectivity index (χ3n) is 3.50. The SMILES string of the molecule is CCNCc1c(C)nn(Cc2cccc(C)c2)c1C. The van der Waals surface area contributed by atoms with Gasteiger partial charge < -0.3 is 5.32 Å². The number of benzene rings is 1. The summed E-state index contributed by atoms with van der Waals surface area (Å²) in [5.74, 6) is 0. The number of hydrogen-bond donors (Lipinski definition) is 1. The lowest BCUT2D eigenvalue weighted by molar-refractivity contribution is 0.655. The third kappa shape index (κ3) is 3.24. The molecule has 102 valence electrons. The topological polar surface area (TPSA) is 29.9 Å². The summed E-state index contributed by atoms with van der Waals surface area (Å²) in [5, 5.41) is 8.04. The molecule has 1 aromatic heterocycles. The second kappa shape index (κ2) is 6.02. The number of nitrogens with one attached hydrogen (secondary N) is 1. The Labute approximate surface area is 115 Å². The number of nitrogens with zero attached hydrogens (tertiary/aromatic N) is 2. The number of aromatic nitrogens is 2. The van der Waals surface area contributed by atoms with Crippen molar-refractivity contribution in [3.8, 4) is 0 Å². The predicted octanol–water partition coefficient (Wildman–Crippen LogP) is 2.97. The van der Waals surface area contributed by atoms with Gasteiger partial charge in [0.25, 0.3) is 0 Å². The summed E-state index contributed by atoms with van der Waals surface area (Å²) in [6.45, 7) is 11.2. The van der Waals surface area contributed by atoms with E-state index in [2.05, 4.69) is 67.1 Å². The molecule has 1 aromatic carbocycles. The molecule has 0 saturated heterocycles. The number of hydrogen-bond acceptors (Lipinski definition) is 2. The minimum atomic E-state index is 0.848. The molecule has 2 rings (SSSR count). The fourth-order valence-electron chi connectivity index (χ4n) is 2.38. The summed E-state index contributed by atoms with van der Waals surface area (Å²) in [6.07, 6.45) is 0. The zero-order chi connectivity index (χ0) is 13.8. The Morgan fingerprint density at radius 2 is 2.00 bits per heavy atom. The monoisotopic (exact) mass is 257 g/mol. The molecule has 1 N–H and O–H groups in total. The smallest absolute Gasteiger partial charge is 0.0662 e. The Kier molecular flexibility index (Phi) is 4.38. The first-order valence-electron chi connectivity index (χ1n) is 6.91. The molecule has 1 heterocycles. The molecule has 3 nitrogen and oxygen atoms in total. The average Bonchev–Trinajstić information content (AvgIpc) is 2.62. The van der Waals surface area contributed by atoms with Crippen LogP contribution in [0.3, 0.4) is 0 Å². The van der Waals surface area contributed by atoms with E-state index in [9.17, 15) is 0 Å². The minimum Gasteiger partial charge on any atom is -0.313 e. The van der Waals surface area contributed by atoms with Crippen LogP contribution in [0.2, 0.25) is 0 Å². The molecule has 0 amide bonds. The lowest BCUT2D eigenvalue weighted by Gasteiger charge is -2.07. The highest BCUT2D eigenvalue weighted by Crippen LogP contribution is 2.15. The molecule has 0 spiro atoms. The van der Waals surface area contributed by atoms with Gasteiger partial charge in [0.05, 0.1) is 12.2 Å². The molecular formula is C16H23N3. The van der Waals surface area contributed by atoms with Crippen molar-refractivity contribution in [3.63, 3.8) is 0 Å². The first kappa shape index (κ1) is 13.8. The van der Waals surface area contributed by atoms with Gasteiger partial charge in [-0.1, -0.05) is 36.8 Å². The molecule has 0 fully saturated rings. The zero-order valence-electron chi connectivity index (χ0n) is 12.3. The highest BCUT2D eigenvalue weighted by Gasteiger charge is 2.11. The first-order valence-corrected chi connectivity index (χ1v) is 6.91. The lowest BCUT2D eigenvalue weighted by Crippen LogP contribution is -2.13. The van der Waals surface area contributed by atoms with Gasteiger partial charge in [-0.05, 0) is 32.9 Å². The molecular weight excluding hydrogens is 234 g/mol. The van der Waals surface area contributed by atoms with Crippen LogP contribution in [0.25, 0.3) is 0 Å². The first-order chi connectivity index (χ1) is 9.11. The van der Waals surface area contributed by atoms with Gasteiger partial charge in [-0.25, -0.2) is 0 Å². The lowest BCUT2D eigenvalue weighted by atomic mass is 10.1. The Bertz CT molecular complexity index is 555. The average molecular weight is 257 g/mol. The van der Waals surface area contributed by atoms with E-state index in [0.717, 1.165) is 25.3 Å². The fraction of sp³-hybridized carbons (Fsp3) is 0.438. The van der Waals surface area contributed by atoms with Crippen molar-refractivity contribution in [2.45, 2.75) is 40.8 Å². The standard InChI is InChI=1S/C16H23N3/c1-5-17-10-16-13(3)18-19(14(16)4)11-15-8-6-7-12(2)9-15/h6-9,17H,5,10-11H2,1-4H3. The van der Waals surface area contributed by atoms with Gasteiger partial charge in [0.2, 0.25) is 0 Å². The molecule has 0 radical (unpaired) electrons. The molecule has 0 atom stereocenters. The van der Waals surface area contributed by atoms with Crippen molar-refractivity contribution in [2.75, 3.05) is 6.54 Å². The van der Waals surface area contributed by atoms with Crippen molar-refractivity contribution >= 4 is 0 Å². The van der Waals surface area contributed by atoms with Gasteiger partial charge in [0.1, 0.15) is 0 Å². The zero-order valence-corrected chi connectivity index (χ0v) is 12.3. The van der Waals surface area contributed by atoms with E-state index < -0.39 is 0 Å². The van der Waals surface area contributed by atoms with Crippen LogP contribution in [0.5, 0.6) is 0 Å². The van der Waals surface area contributed by atoms with Crippen LogP contribution < -0.4 is 5.32 Å². The van der Waals surface area contributed by atoms with Crippen LogP contribution >= 0.6 is 0 Å². The van der Waals surface area contributed by atoms with E-state index in [-0.39, 0.29) is 0 Å². The van der Waals surface area contributed by atoms with Crippen molar-refractivity contribution in [1.82, 2.24) is 15.1 Å². The van der Waals surface area contributed by atoms with Gasteiger partial charge >= 0.3 is 0 Å². The van der Waals surface area contributed by atoms with E-state index in [4.69, 9.17) is 0 Å². The van der Waals surface area contributed by atoms with Crippen LogP contribution in [0.4, 0.5) is 0 Å². The quantitative estimate of drug-likeness (QED) is 0.892. The van der Waals surface area contributed by atoms with Gasteiger partial charge in [-0.15, -0.1) is 0 Å². The maximum Gasteiger partial charge on any atom is 0.0662 e. The van der Waals surface area contributed by atoms with Crippen LogP contribution in [-0.2, 0) is 13.1 Å². The Balaban J connectivity index is 2.21. The summed E-state index contributed by atoms with van der Waals surface area (Å²) >= 11 is 0. The fourth-order valence-corrected chi connectivity index (χ4v) is 2.38. The molecule has 0 aliphatic rings. The molecule has 3 heteroatoms. The van der Waals surface area contributed by atoms with E-state index in [1.165, 1.54) is 22.4 Å². The number of rotatable bonds is 5. The van der Waals surface area contributed by atoms with Gasteiger partial charge in [0, 0.05) is 17.8 Å². The molecule has 0 unspecified atom stereocenters. The Morgan fingerprint density at radius 1 is 1.21 bits per heavy atom. The molecule has 0 saturated carbocycles. The summed E-state index contributed by atoms with van der Waals surface area (Å²) < 4.78 is 2.11. The van der Waals surface area contributed by atoms with Crippen molar-refractivity contribution in [1.29, 1.82) is 0 Å². The minimum absolute atomic E-state index is 0.848. The summed E-state index contributed by atoms with van der Waals surface area (Å²) in [7, 11) is 0. The van der Waals surface area contributed by atoms with Crippen LogP contribution in [0, 0.1) is 20.8 Å². The second-order valence-electron chi connectivity index (χ2n) is 5.08. The van der Waals surface area contributed by atoms with E-state index in [0.29, 0.717) is 0 Å². The molecule has 2 aromatic rings. The van der Waals surface area contributed by atoms with Crippen LogP contribution in [-0.4, -0.2) is 16.3 Å². The van der Waals surface area contributed by atoms with Gasteiger partial charge in [-0.2, -0.15) is 5.10 Å². The maximum absolute atomic E-state index is 4.66. The molecule has 19 heavy (non-hydrogen) atoms. The summed E-state index contributed by atoms with van der Waals surface area (Å²) in [6, 6.07) is 8.62. The van der Waals surface area contributed by atoms with Gasteiger partial charge in [-0.3, -0.25) is 4.68 Å². The van der Waals surface area contributed by atoms with Crippen LogP contribution in [0.15, 0.2) is 24.3 Å². The summed E-state index contributed by atoms with van der Waals surface area (Å²) in [5.41, 5.74) is 6.33. The normalized spacial score (nSPS) is 10.9. The van der Waals surface area contributed by atoms with E-state index in [1.54, 1.807) is 0 Å². The highest BCUT2D eigenvalue weighted by atomic mass is 15.3. The largest absolute Gasteiger partial charge is 0.313 e. The molecule has 0 aliphatic carbocycles. The molecule has 0 bridgehead atoms. The number of aryl methyl sites for hydroxylation is 2. The van der Waals surface area contributed by atoms with Crippen LogP contribution in [0.1, 0.15) is 35.0 Å².